The summed E-state index contributed by atoms with van der Waals surface area (Å²) < 4.78 is 1.24. The van der Waals surface area contributed by atoms with Gasteiger partial charge in [-0.1, -0.05) is 0 Å². The summed E-state index contributed by atoms with van der Waals surface area (Å²) in [6.45, 7) is 5.46. The fraction of sp³-hybridized carbons (Fsp3) is 1.00. The Morgan fingerprint density at radius 3 is 2.27 bits per heavy atom. The van der Waals surface area contributed by atoms with Crippen molar-refractivity contribution < 1.29 is 4.48 Å². The van der Waals surface area contributed by atoms with Crippen LogP contribution in [0.3, 0.4) is 0 Å². The third-order valence-corrected chi connectivity index (χ3v) is 3.16. The lowest BCUT2D eigenvalue weighted by Gasteiger charge is -2.51. The fourth-order valence-electron chi connectivity index (χ4n) is 3.19. The summed E-state index contributed by atoms with van der Waals surface area (Å²) in [6.07, 6.45) is 1.44. The molecule has 2 aliphatic heterocycles. The third kappa shape index (κ3) is 1.18. The van der Waals surface area contributed by atoms with Crippen LogP contribution >= 0.6 is 0 Å². The predicted molar refractivity (Wildman–Crippen MR) is 46.4 cm³/mol. The topological polar surface area (TPSA) is 3.24 Å². The van der Waals surface area contributed by atoms with E-state index in [4.69, 9.17) is 0 Å². The highest BCUT2D eigenvalue weighted by molar-refractivity contribution is 4.93. The lowest BCUT2D eigenvalue weighted by Crippen LogP contribution is -2.66. The first-order valence-electron chi connectivity index (χ1n) is 4.52. The SMILES string of the molecule is CN1CCC2(C1)C[N+](C)(C)C2. The molecule has 0 aromatic carbocycles. The van der Waals surface area contributed by atoms with Gasteiger partial charge in [0.15, 0.2) is 0 Å². The normalized spacial score (nSPS) is 34.1. The van der Waals surface area contributed by atoms with Crippen molar-refractivity contribution in [1.29, 1.82) is 0 Å². The average molecular weight is 155 g/mol. The van der Waals surface area contributed by atoms with E-state index in [0.717, 1.165) is 5.41 Å². The van der Waals surface area contributed by atoms with Crippen molar-refractivity contribution in [2.24, 2.45) is 5.41 Å². The van der Waals surface area contributed by atoms with E-state index in [0.29, 0.717) is 0 Å². The summed E-state index contributed by atoms with van der Waals surface area (Å²) in [6, 6.07) is 0. The minimum absolute atomic E-state index is 0.720. The van der Waals surface area contributed by atoms with Gasteiger partial charge in [-0.05, 0) is 20.0 Å². The van der Waals surface area contributed by atoms with E-state index >= 15 is 0 Å². The molecule has 0 atom stereocenters. The molecule has 0 saturated carbocycles. The van der Waals surface area contributed by atoms with Crippen molar-refractivity contribution in [3.05, 3.63) is 0 Å². The van der Waals surface area contributed by atoms with Crippen LogP contribution in [0.15, 0.2) is 0 Å². The first kappa shape index (κ1) is 7.56. The third-order valence-electron chi connectivity index (χ3n) is 3.16. The van der Waals surface area contributed by atoms with Gasteiger partial charge >= 0.3 is 0 Å². The summed E-state index contributed by atoms with van der Waals surface area (Å²) in [5, 5.41) is 0. The van der Waals surface area contributed by atoms with Crippen LogP contribution in [0.25, 0.3) is 0 Å². The molecule has 2 aliphatic rings. The largest absolute Gasteiger partial charge is 0.327 e. The lowest BCUT2D eigenvalue weighted by molar-refractivity contribution is -0.949. The van der Waals surface area contributed by atoms with E-state index < -0.39 is 0 Å². The van der Waals surface area contributed by atoms with Gasteiger partial charge in [0.1, 0.15) is 0 Å². The van der Waals surface area contributed by atoms with Crippen LogP contribution in [0.2, 0.25) is 0 Å². The Hall–Kier alpha value is -0.0800. The Balaban J connectivity index is 1.97. The smallest absolute Gasteiger partial charge is 0.0907 e. The minimum Gasteiger partial charge on any atom is -0.327 e. The maximum Gasteiger partial charge on any atom is 0.0907 e. The lowest BCUT2D eigenvalue weighted by atomic mass is 9.77. The number of likely N-dealkylation sites (tertiary alicyclic amines) is 2. The Morgan fingerprint density at radius 2 is 1.91 bits per heavy atom. The van der Waals surface area contributed by atoms with Gasteiger partial charge in [-0.25, -0.2) is 0 Å². The molecule has 2 rings (SSSR count). The molecule has 0 aromatic rings. The van der Waals surface area contributed by atoms with E-state index in [1.165, 1.54) is 37.1 Å². The second kappa shape index (κ2) is 1.99. The first-order valence-corrected chi connectivity index (χ1v) is 4.52. The average Bonchev–Trinajstić information content (AvgIpc) is 2.08. The zero-order valence-corrected chi connectivity index (χ0v) is 7.93. The Morgan fingerprint density at radius 1 is 1.27 bits per heavy atom. The van der Waals surface area contributed by atoms with Gasteiger partial charge in [0, 0.05) is 6.54 Å². The van der Waals surface area contributed by atoms with E-state index in [-0.39, 0.29) is 0 Å². The predicted octanol–water partition coefficient (Wildman–Crippen LogP) is 0.398. The number of rotatable bonds is 0. The van der Waals surface area contributed by atoms with Crippen LogP contribution in [0.4, 0.5) is 0 Å². The Bertz CT molecular complexity index is 166. The second-order valence-electron chi connectivity index (χ2n) is 5.24. The van der Waals surface area contributed by atoms with Crippen LogP contribution in [-0.2, 0) is 0 Å². The molecule has 64 valence electrons. The Kier molecular flexibility index (Phi) is 1.37. The van der Waals surface area contributed by atoms with Crippen molar-refractivity contribution in [3.8, 4) is 0 Å². The summed E-state index contributed by atoms with van der Waals surface area (Å²) in [5.41, 5.74) is 0.720. The van der Waals surface area contributed by atoms with Crippen molar-refractivity contribution in [2.75, 3.05) is 47.3 Å². The molecule has 1 spiro atoms. The number of nitrogens with zero attached hydrogens (tertiary/aromatic N) is 2. The molecule has 0 N–H and O–H groups in total. The summed E-state index contributed by atoms with van der Waals surface area (Å²) in [7, 11) is 6.92. The first-order chi connectivity index (χ1) is 5.02. The van der Waals surface area contributed by atoms with Crippen molar-refractivity contribution in [1.82, 2.24) is 4.90 Å². The monoisotopic (exact) mass is 155 g/mol. The van der Waals surface area contributed by atoms with Gasteiger partial charge in [0.05, 0.1) is 32.6 Å². The molecule has 0 amide bonds. The van der Waals surface area contributed by atoms with Gasteiger partial charge in [-0.3, -0.25) is 0 Å². The number of quaternary nitrogens is 1. The van der Waals surface area contributed by atoms with Crippen LogP contribution in [0, 0.1) is 5.41 Å². The molecule has 2 fully saturated rings. The van der Waals surface area contributed by atoms with E-state index in [2.05, 4.69) is 26.0 Å². The molecular formula is C9H19N2+. The number of hydrogen-bond donors (Lipinski definition) is 0. The fourth-order valence-corrected chi connectivity index (χ4v) is 3.19. The molecule has 0 aromatic heterocycles. The van der Waals surface area contributed by atoms with Crippen LogP contribution in [-0.4, -0.2) is 56.7 Å². The van der Waals surface area contributed by atoms with Crippen molar-refractivity contribution >= 4 is 0 Å². The molecule has 0 radical (unpaired) electrons. The van der Waals surface area contributed by atoms with Crippen LogP contribution in [0.1, 0.15) is 6.42 Å². The quantitative estimate of drug-likeness (QED) is 0.458. The molecule has 2 saturated heterocycles. The molecule has 11 heavy (non-hydrogen) atoms. The highest BCUT2D eigenvalue weighted by Crippen LogP contribution is 2.41. The van der Waals surface area contributed by atoms with Gasteiger partial charge in [0.2, 0.25) is 0 Å². The second-order valence-corrected chi connectivity index (χ2v) is 5.24. The van der Waals surface area contributed by atoms with Gasteiger partial charge in [-0.2, -0.15) is 0 Å². The van der Waals surface area contributed by atoms with Crippen molar-refractivity contribution in [3.63, 3.8) is 0 Å². The highest BCUT2D eigenvalue weighted by Gasteiger charge is 2.53. The van der Waals surface area contributed by atoms with Crippen molar-refractivity contribution in [2.45, 2.75) is 6.42 Å². The molecular weight excluding hydrogens is 136 g/mol. The highest BCUT2D eigenvalue weighted by atomic mass is 15.4. The number of hydrogen-bond acceptors (Lipinski definition) is 1. The van der Waals surface area contributed by atoms with Crippen LogP contribution in [0.5, 0.6) is 0 Å². The molecule has 0 unspecified atom stereocenters. The van der Waals surface area contributed by atoms with Gasteiger partial charge in [-0.15, -0.1) is 0 Å². The zero-order valence-electron chi connectivity index (χ0n) is 7.93. The molecule has 2 heterocycles. The van der Waals surface area contributed by atoms with E-state index in [9.17, 15) is 0 Å². The zero-order chi connectivity index (χ0) is 8.11. The van der Waals surface area contributed by atoms with E-state index in [1.807, 2.05) is 0 Å². The minimum atomic E-state index is 0.720. The van der Waals surface area contributed by atoms with E-state index in [1.54, 1.807) is 0 Å². The summed E-state index contributed by atoms with van der Waals surface area (Å²) in [5.74, 6) is 0. The maximum absolute atomic E-state index is 2.47. The standard InChI is InChI=1S/C9H19N2/c1-10-5-4-9(6-10)7-11(2,3)8-9/h4-8H2,1-3H3/q+1. The molecule has 0 aliphatic carbocycles. The maximum atomic E-state index is 2.47. The summed E-state index contributed by atoms with van der Waals surface area (Å²) in [4.78, 5) is 2.47. The Labute approximate surface area is 69.4 Å². The molecule has 0 bridgehead atoms. The van der Waals surface area contributed by atoms with Gasteiger partial charge < -0.3 is 9.38 Å². The molecule has 2 heteroatoms. The summed E-state index contributed by atoms with van der Waals surface area (Å²) >= 11 is 0. The van der Waals surface area contributed by atoms with Gasteiger partial charge in [0.25, 0.3) is 0 Å². The van der Waals surface area contributed by atoms with Crippen LogP contribution < -0.4 is 0 Å². The molecule has 2 nitrogen and oxygen atoms in total.